The number of rotatable bonds is 7. The number of aromatic nitrogens is 3. The van der Waals surface area contributed by atoms with Crippen LogP contribution in [0.4, 0.5) is 0 Å². The molecule has 0 spiro atoms. The van der Waals surface area contributed by atoms with Crippen molar-refractivity contribution in [2.75, 3.05) is 6.61 Å². The first kappa shape index (κ1) is 26.3. The summed E-state index contributed by atoms with van der Waals surface area (Å²) in [4.78, 5) is 30.6. The Hall–Kier alpha value is -2.73. The van der Waals surface area contributed by atoms with E-state index in [1.54, 1.807) is 31.5 Å². The second-order valence-electron chi connectivity index (χ2n) is 9.46. The van der Waals surface area contributed by atoms with Crippen LogP contribution in [-0.4, -0.2) is 50.0 Å². The summed E-state index contributed by atoms with van der Waals surface area (Å²) in [6.07, 6.45) is 0.145. The highest BCUT2D eigenvalue weighted by molar-refractivity contribution is 7.53. The molecule has 1 saturated heterocycles. The smallest absolute Gasteiger partial charge is 0.330 e. The topological polar surface area (TPSA) is 116 Å². The second-order valence-corrected chi connectivity index (χ2v) is 11.8. The molecule has 0 saturated carbocycles. The number of aromatic amines is 1. The van der Waals surface area contributed by atoms with Gasteiger partial charge in [-0.1, -0.05) is 43.9 Å². The van der Waals surface area contributed by atoms with Gasteiger partial charge < -0.3 is 28.4 Å². The summed E-state index contributed by atoms with van der Waals surface area (Å²) in [6, 6.07) is 9.49. The minimum atomic E-state index is -3.86. The molecule has 0 bridgehead atoms. The van der Waals surface area contributed by atoms with E-state index in [4.69, 9.17) is 14.0 Å². The van der Waals surface area contributed by atoms with E-state index in [2.05, 4.69) is 21.8 Å². The first-order valence-corrected chi connectivity index (χ1v) is 13.7. The maximum Gasteiger partial charge on any atom is 0.330 e. The largest absolute Gasteiger partial charge is 0.376 e. The highest BCUT2D eigenvalue weighted by Crippen LogP contribution is 2.51. The lowest BCUT2D eigenvalue weighted by Gasteiger charge is -2.24. The molecule has 4 rings (SSSR count). The van der Waals surface area contributed by atoms with Crippen molar-refractivity contribution < 1.29 is 23.5 Å². The van der Waals surface area contributed by atoms with Crippen LogP contribution in [0.3, 0.4) is 0 Å². The molecule has 36 heavy (non-hydrogen) atoms. The van der Waals surface area contributed by atoms with Crippen molar-refractivity contribution in [3.63, 3.8) is 0 Å². The third-order valence-corrected chi connectivity index (χ3v) is 7.82. The van der Waals surface area contributed by atoms with Gasteiger partial charge in [-0.3, -0.25) is 9.36 Å². The molecule has 0 aliphatic carbocycles. The van der Waals surface area contributed by atoms with E-state index in [0.717, 1.165) is 5.56 Å². The average molecular weight is 514 g/mol. The average Bonchev–Trinajstić information content (AvgIpc) is 3.37. The van der Waals surface area contributed by atoms with Crippen molar-refractivity contribution in [2.24, 2.45) is 0 Å². The number of nitrogens with zero attached hydrogens (tertiary/aromatic N) is 2. The molecule has 1 unspecified atom stereocenters. The number of hydrogen-bond acceptors (Lipinski definition) is 6. The van der Waals surface area contributed by atoms with Crippen LogP contribution < -0.4 is 5.56 Å². The molecular formula is C26H32N3O6P. The Bertz CT molecular complexity index is 1390. The molecule has 2 N–H and O–H groups in total. The molecule has 1 fully saturated rings. The zero-order valence-electron chi connectivity index (χ0n) is 21.1. The van der Waals surface area contributed by atoms with E-state index < -0.39 is 31.7 Å². The molecular weight excluding hydrogens is 481 g/mol. The van der Waals surface area contributed by atoms with Gasteiger partial charge >= 0.3 is 7.60 Å². The molecule has 192 valence electrons. The van der Waals surface area contributed by atoms with Crippen molar-refractivity contribution >= 4 is 18.6 Å². The first-order chi connectivity index (χ1) is 17.0. The van der Waals surface area contributed by atoms with Crippen LogP contribution in [0.25, 0.3) is 11.0 Å². The van der Waals surface area contributed by atoms with Gasteiger partial charge in [0.1, 0.15) is 18.2 Å². The molecule has 1 aromatic carbocycles. The number of benzene rings is 1. The maximum atomic E-state index is 12.9. The van der Waals surface area contributed by atoms with Crippen molar-refractivity contribution in [3.8, 4) is 11.8 Å². The Labute approximate surface area is 210 Å². The zero-order chi connectivity index (χ0) is 26.0. The van der Waals surface area contributed by atoms with Crippen molar-refractivity contribution in [1.29, 1.82) is 0 Å². The minimum absolute atomic E-state index is 0.0468. The SMILES string of the molecule is Cc1nc2c(c(C#Cc3ccccc3)cn2[C@H]2C[C@@H](OP(=O)(O)C(C)C)[C@@H](COC(C)C)O2)c(=O)[nH]1. The normalized spacial score (nSPS) is 21.6. The van der Waals surface area contributed by atoms with Crippen molar-refractivity contribution in [2.45, 2.75) is 71.2 Å². The van der Waals surface area contributed by atoms with Gasteiger partial charge in [-0.25, -0.2) is 4.98 Å². The monoisotopic (exact) mass is 513 g/mol. The van der Waals surface area contributed by atoms with Gasteiger partial charge in [0.2, 0.25) is 0 Å². The standard InChI is InChI=1S/C26H32N3O6P/c1-16(2)33-15-22-21(35-36(31,32)17(3)4)13-23(34-22)29-14-20(12-11-19-9-7-6-8-10-19)24-25(29)27-18(5)28-26(24)30/h6-10,14,16-17,21-23H,13,15H2,1-5H3,(H,31,32)(H,27,28,30)/t21-,22-,23-/m1/s1. The summed E-state index contributed by atoms with van der Waals surface area (Å²) in [5.74, 6) is 6.65. The Balaban J connectivity index is 1.73. The van der Waals surface area contributed by atoms with E-state index in [9.17, 15) is 14.3 Å². The summed E-state index contributed by atoms with van der Waals surface area (Å²) in [7, 11) is -3.86. The molecule has 4 atom stereocenters. The quantitative estimate of drug-likeness (QED) is 0.361. The fraction of sp³-hybridized carbons (Fsp3) is 0.462. The third kappa shape index (κ3) is 5.80. The molecule has 0 amide bonds. The van der Waals surface area contributed by atoms with Crippen LogP contribution in [0.2, 0.25) is 0 Å². The first-order valence-electron chi connectivity index (χ1n) is 12.0. The Morgan fingerprint density at radius 2 is 1.97 bits per heavy atom. The van der Waals surface area contributed by atoms with Gasteiger partial charge in [-0.05, 0) is 32.9 Å². The van der Waals surface area contributed by atoms with Crippen LogP contribution in [-0.2, 0) is 18.6 Å². The molecule has 10 heteroatoms. The Morgan fingerprint density at radius 1 is 1.25 bits per heavy atom. The van der Waals surface area contributed by atoms with Crippen molar-refractivity contribution in [1.82, 2.24) is 14.5 Å². The van der Waals surface area contributed by atoms with E-state index >= 15 is 0 Å². The van der Waals surface area contributed by atoms with Gasteiger partial charge in [0.15, 0.2) is 5.65 Å². The lowest BCUT2D eigenvalue weighted by molar-refractivity contribution is -0.0703. The number of aryl methyl sites for hydroxylation is 1. The Morgan fingerprint density at radius 3 is 2.64 bits per heavy atom. The summed E-state index contributed by atoms with van der Waals surface area (Å²) >= 11 is 0. The summed E-state index contributed by atoms with van der Waals surface area (Å²) < 4.78 is 32.2. The van der Waals surface area contributed by atoms with E-state index in [0.29, 0.717) is 22.4 Å². The molecule has 1 aliphatic rings. The van der Waals surface area contributed by atoms with Gasteiger partial charge in [-0.15, -0.1) is 0 Å². The van der Waals surface area contributed by atoms with E-state index in [-0.39, 0.29) is 24.7 Å². The van der Waals surface area contributed by atoms with E-state index in [1.807, 2.05) is 44.2 Å². The second kappa shape index (κ2) is 10.7. The summed E-state index contributed by atoms with van der Waals surface area (Å²) in [5, 5.41) is 0.363. The number of nitrogens with one attached hydrogen (secondary N) is 1. The lowest BCUT2D eigenvalue weighted by Crippen LogP contribution is -2.30. The van der Waals surface area contributed by atoms with Gasteiger partial charge in [0, 0.05) is 18.2 Å². The molecule has 3 aromatic rings. The molecule has 2 aromatic heterocycles. The number of fused-ring (bicyclic) bond motifs is 1. The van der Waals surface area contributed by atoms with Gasteiger partial charge in [0.05, 0.1) is 35.4 Å². The van der Waals surface area contributed by atoms with Crippen LogP contribution in [0.5, 0.6) is 0 Å². The minimum Gasteiger partial charge on any atom is -0.376 e. The molecule has 3 heterocycles. The highest BCUT2D eigenvalue weighted by atomic mass is 31.2. The Kier molecular flexibility index (Phi) is 7.84. The lowest BCUT2D eigenvalue weighted by atomic mass is 10.2. The number of hydrogen-bond donors (Lipinski definition) is 2. The van der Waals surface area contributed by atoms with Crippen molar-refractivity contribution in [3.05, 3.63) is 63.8 Å². The predicted molar refractivity (Wildman–Crippen MR) is 137 cm³/mol. The van der Waals surface area contributed by atoms with E-state index in [1.165, 1.54) is 0 Å². The number of H-pyrrole nitrogens is 1. The molecule has 0 radical (unpaired) electrons. The zero-order valence-corrected chi connectivity index (χ0v) is 22.0. The third-order valence-electron chi connectivity index (χ3n) is 5.94. The summed E-state index contributed by atoms with van der Waals surface area (Å²) in [6.45, 7) is 9.00. The predicted octanol–water partition coefficient (Wildman–Crippen LogP) is 4.12. The fourth-order valence-corrected chi connectivity index (χ4v) is 4.83. The van der Waals surface area contributed by atoms with Crippen LogP contribution in [0, 0.1) is 18.8 Å². The maximum absolute atomic E-state index is 12.9. The van der Waals surface area contributed by atoms with Gasteiger partial charge in [-0.2, -0.15) is 0 Å². The van der Waals surface area contributed by atoms with Crippen LogP contribution >= 0.6 is 7.60 Å². The van der Waals surface area contributed by atoms with Gasteiger partial charge in [0.25, 0.3) is 5.56 Å². The van der Waals surface area contributed by atoms with Crippen LogP contribution in [0.15, 0.2) is 41.3 Å². The number of ether oxygens (including phenoxy) is 2. The highest BCUT2D eigenvalue weighted by Gasteiger charge is 2.42. The summed E-state index contributed by atoms with van der Waals surface area (Å²) in [5.41, 5.74) is 0.912. The fourth-order valence-electron chi connectivity index (χ4n) is 3.98. The van der Waals surface area contributed by atoms with Crippen LogP contribution in [0.1, 0.15) is 57.3 Å². The molecule has 9 nitrogen and oxygen atoms in total. The molecule has 1 aliphatic heterocycles.